The molecule has 0 amide bonds. The van der Waals surface area contributed by atoms with Crippen LogP contribution in [0, 0.1) is 0 Å². The van der Waals surface area contributed by atoms with Gasteiger partial charge >= 0.3 is 5.69 Å². The van der Waals surface area contributed by atoms with Crippen LogP contribution in [0.25, 0.3) is 11.0 Å². The Bertz CT molecular complexity index is 613. The molecule has 0 bridgehead atoms. The number of aliphatic hydroxyl groups is 1. The monoisotopic (exact) mass is 299 g/mol. The molecule has 0 spiro atoms. The Morgan fingerprint density at radius 3 is 2.65 bits per heavy atom. The summed E-state index contributed by atoms with van der Waals surface area (Å²) in [6, 6.07) is 5.65. The first-order chi connectivity index (χ1) is 8.85. The van der Waals surface area contributed by atoms with E-state index in [0.717, 1.165) is 16.6 Å². The third-order valence-electron chi connectivity index (χ3n) is 2.96. The van der Waals surface area contributed by atoms with Crippen molar-refractivity contribution >= 4 is 23.4 Å². The van der Waals surface area contributed by atoms with E-state index in [-0.39, 0.29) is 23.6 Å². The normalized spacial score (nSPS) is 13.2. The van der Waals surface area contributed by atoms with Crippen molar-refractivity contribution in [3.8, 4) is 0 Å². The van der Waals surface area contributed by atoms with E-state index >= 15 is 0 Å². The molecule has 6 heteroatoms. The van der Waals surface area contributed by atoms with Crippen LogP contribution >= 0.6 is 12.4 Å². The van der Waals surface area contributed by atoms with Crippen LogP contribution in [0.1, 0.15) is 26.3 Å². The summed E-state index contributed by atoms with van der Waals surface area (Å²) in [5.74, 6) is 0. The molecule has 1 unspecified atom stereocenters. The molecule has 1 aromatic heterocycles. The van der Waals surface area contributed by atoms with Gasteiger partial charge in [0.1, 0.15) is 0 Å². The van der Waals surface area contributed by atoms with Crippen molar-refractivity contribution in [2.45, 2.75) is 38.8 Å². The van der Waals surface area contributed by atoms with E-state index in [1.807, 2.05) is 18.2 Å². The predicted octanol–water partition coefficient (Wildman–Crippen LogP) is 1.57. The van der Waals surface area contributed by atoms with Crippen molar-refractivity contribution in [3.63, 3.8) is 0 Å². The molecule has 0 aliphatic heterocycles. The van der Waals surface area contributed by atoms with Gasteiger partial charge in [-0.15, -0.1) is 12.4 Å². The van der Waals surface area contributed by atoms with Gasteiger partial charge in [0, 0.05) is 18.5 Å². The number of β-amino-alcohol motifs (C(OH)–C–C–N with tert-alkyl or cyclic N) is 1. The van der Waals surface area contributed by atoms with Crippen LogP contribution in [0.4, 0.5) is 0 Å². The number of benzene rings is 1. The molecule has 2 rings (SSSR count). The number of nitrogens with one attached hydrogen (secondary N) is 3. The fourth-order valence-corrected chi connectivity index (χ4v) is 2.04. The Hall–Kier alpha value is -1.30. The minimum Gasteiger partial charge on any atom is -0.391 e. The lowest BCUT2D eigenvalue weighted by Gasteiger charge is -2.23. The number of rotatable bonds is 4. The summed E-state index contributed by atoms with van der Waals surface area (Å²) in [4.78, 5) is 16.8. The third-order valence-corrected chi connectivity index (χ3v) is 2.96. The molecule has 20 heavy (non-hydrogen) atoms. The molecular formula is C14H22ClN3O2. The number of hydrogen-bond donors (Lipinski definition) is 4. The second-order valence-corrected chi connectivity index (χ2v) is 5.91. The number of para-hydroxylation sites is 1. The van der Waals surface area contributed by atoms with Crippen LogP contribution < -0.4 is 11.0 Å². The van der Waals surface area contributed by atoms with E-state index in [1.54, 1.807) is 0 Å². The Labute approximate surface area is 124 Å². The molecule has 4 N–H and O–H groups in total. The quantitative estimate of drug-likeness (QED) is 0.692. The zero-order valence-electron chi connectivity index (χ0n) is 12.0. The van der Waals surface area contributed by atoms with Crippen molar-refractivity contribution in [3.05, 3.63) is 34.2 Å². The SMILES string of the molecule is CC(C)(C)NCC(O)Cc1cccc2[nH]c(=O)[nH]c12.Cl. The van der Waals surface area contributed by atoms with Crippen LogP contribution in [-0.4, -0.2) is 33.3 Å². The first-order valence-electron chi connectivity index (χ1n) is 6.48. The Morgan fingerprint density at radius 1 is 1.30 bits per heavy atom. The van der Waals surface area contributed by atoms with Gasteiger partial charge in [-0.1, -0.05) is 12.1 Å². The minimum atomic E-state index is -0.483. The maximum absolute atomic E-state index is 11.3. The van der Waals surface area contributed by atoms with Crippen LogP contribution in [0.15, 0.2) is 23.0 Å². The summed E-state index contributed by atoms with van der Waals surface area (Å²) < 4.78 is 0. The van der Waals surface area contributed by atoms with Gasteiger partial charge in [0.05, 0.1) is 17.1 Å². The maximum Gasteiger partial charge on any atom is 0.323 e. The lowest BCUT2D eigenvalue weighted by atomic mass is 10.0. The first kappa shape index (κ1) is 16.8. The molecular weight excluding hydrogens is 278 g/mol. The minimum absolute atomic E-state index is 0. The van der Waals surface area contributed by atoms with E-state index in [1.165, 1.54) is 0 Å². The molecule has 5 nitrogen and oxygen atoms in total. The van der Waals surface area contributed by atoms with E-state index in [0.29, 0.717) is 13.0 Å². The van der Waals surface area contributed by atoms with Gasteiger partial charge in [-0.25, -0.2) is 4.79 Å². The molecule has 2 aromatic rings. The maximum atomic E-state index is 11.3. The average molecular weight is 300 g/mol. The number of halogens is 1. The van der Waals surface area contributed by atoms with Crippen LogP contribution in [0.2, 0.25) is 0 Å². The highest BCUT2D eigenvalue weighted by Crippen LogP contribution is 2.15. The number of aliphatic hydroxyl groups excluding tert-OH is 1. The molecule has 0 saturated heterocycles. The number of imidazole rings is 1. The Balaban J connectivity index is 0.00000200. The highest BCUT2D eigenvalue weighted by molar-refractivity contribution is 5.85. The van der Waals surface area contributed by atoms with Crippen molar-refractivity contribution < 1.29 is 5.11 Å². The smallest absolute Gasteiger partial charge is 0.323 e. The highest BCUT2D eigenvalue weighted by Gasteiger charge is 2.14. The molecule has 0 fully saturated rings. The van der Waals surface area contributed by atoms with Gasteiger partial charge in [0.2, 0.25) is 0 Å². The zero-order valence-corrected chi connectivity index (χ0v) is 12.8. The standard InChI is InChI=1S/C14H21N3O2.ClH/c1-14(2,3)15-8-10(18)7-9-5-4-6-11-12(9)17-13(19)16-11;/h4-6,10,15,18H,7-8H2,1-3H3,(H2,16,17,19);1H. The van der Waals surface area contributed by atoms with Gasteiger partial charge < -0.3 is 20.4 Å². The van der Waals surface area contributed by atoms with E-state index in [2.05, 4.69) is 36.1 Å². The van der Waals surface area contributed by atoms with Crippen LogP contribution in [-0.2, 0) is 6.42 Å². The van der Waals surface area contributed by atoms with Crippen LogP contribution in [0.5, 0.6) is 0 Å². The molecule has 1 heterocycles. The number of aromatic nitrogens is 2. The predicted molar refractivity (Wildman–Crippen MR) is 83.6 cm³/mol. The summed E-state index contributed by atoms with van der Waals surface area (Å²) in [6.45, 7) is 6.70. The van der Waals surface area contributed by atoms with Crippen LogP contribution in [0.3, 0.4) is 0 Å². The van der Waals surface area contributed by atoms with E-state index in [9.17, 15) is 9.90 Å². The van der Waals surface area contributed by atoms with Gasteiger partial charge in [0.25, 0.3) is 0 Å². The van der Waals surface area contributed by atoms with E-state index in [4.69, 9.17) is 0 Å². The first-order valence-corrected chi connectivity index (χ1v) is 6.48. The van der Waals surface area contributed by atoms with Crippen molar-refractivity contribution in [1.82, 2.24) is 15.3 Å². The second-order valence-electron chi connectivity index (χ2n) is 5.91. The van der Waals surface area contributed by atoms with Crippen molar-refractivity contribution in [2.75, 3.05) is 6.54 Å². The molecule has 1 atom stereocenters. The van der Waals surface area contributed by atoms with Crippen molar-refractivity contribution in [1.29, 1.82) is 0 Å². The Morgan fingerprint density at radius 2 is 2.00 bits per heavy atom. The summed E-state index contributed by atoms with van der Waals surface area (Å²) in [7, 11) is 0. The summed E-state index contributed by atoms with van der Waals surface area (Å²) in [5, 5.41) is 13.3. The second kappa shape index (κ2) is 6.43. The molecule has 1 aromatic carbocycles. The number of H-pyrrole nitrogens is 2. The lowest BCUT2D eigenvalue weighted by Crippen LogP contribution is -2.41. The average Bonchev–Trinajstić information content (AvgIpc) is 2.67. The highest BCUT2D eigenvalue weighted by atomic mass is 35.5. The summed E-state index contributed by atoms with van der Waals surface area (Å²) in [5.41, 5.74) is 2.26. The lowest BCUT2D eigenvalue weighted by molar-refractivity contribution is 0.161. The fourth-order valence-electron chi connectivity index (χ4n) is 2.04. The molecule has 112 valence electrons. The number of fused-ring (bicyclic) bond motifs is 1. The largest absolute Gasteiger partial charge is 0.391 e. The number of hydrogen-bond acceptors (Lipinski definition) is 3. The van der Waals surface area contributed by atoms with Gasteiger partial charge in [-0.05, 0) is 32.4 Å². The topological polar surface area (TPSA) is 80.9 Å². The van der Waals surface area contributed by atoms with E-state index < -0.39 is 6.10 Å². The van der Waals surface area contributed by atoms with Crippen molar-refractivity contribution in [2.24, 2.45) is 0 Å². The fraction of sp³-hybridized carbons (Fsp3) is 0.500. The summed E-state index contributed by atoms with van der Waals surface area (Å²) in [6.07, 6.45) is 0.0250. The van der Waals surface area contributed by atoms with Gasteiger partial charge in [-0.2, -0.15) is 0 Å². The molecule has 0 aliphatic carbocycles. The Kier molecular flexibility index (Phi) is 5.39. The number of aromatic amines is 2. The van der Waals surface area contributed by atoms with Gasteiger partial charge in [-0.3, -0.25) is 0 Å². The summed E-state index contributed by atoms with van der Waals surface area (Å²) >= 11 is 0. The third kappa shape index (κ3) is 4.37. The van der Waals surface area contributed by atoms with Gasteiger partial charge in [0.15, 0.2) is 0 Å². The molecule has 0 saturated carbocycles. The molecule has 0 aliphatic rings. The molecule has 0 radical (unpaired) electrons. The zero-order chi connectivity index (χ0) is 14.0.